The molecule has 3 heterocycles. The van der Waals surface area contributed by atoms with Crippen molar-refractivity contribution in [1.29, 1.82) is 0 Å². The standard InChI is InChI=1S/C14H20N4O2/c1-2-12-15-4-6-17(12)5-3-14(20)18-8-10-7-13(19)16-11(10)9-18/h4,6,10-11H,2-3,5,7-9H2,1H3,(H,16,19)/t10-,11+/m0/s1. The molecular formula is C14H20N4O2. The topological polar surface area (TPSA) is 67.2 Å². The molecule has 0 bridgehead atoms. The Labute approximate surface area is 118 Å². The van der Waals surface area contributed by atoms with Crippen LogP contribution in [0.1, 0.15) is 25.6 Å². The van der Waals surface area contributed by atoms with E-state index in [0.717, 1.165) is 12.2 Å². The molecule has 2 aliphatic rings. The van der Waals surface area contributed by atoms with Crippen LogP contribution >= 0.6 is 0 Å². The van der Waals surface area contributed by atoms with Gasteiger partial charge in [-0.1, -0.05) is 6.92 Å². The number of aryl methyl sites for hydroxylation is 2. The zero-order valence-corrected chi connectivity index (χ0v) is 11.7. The number of fused-ring (bicyclic) bond motifs is 1. The van der Waals surface area contributed by atoms with Crippen molar-refractivity contribution in [3.05, 3.63) is 18.2 Å². The third kappa shape index (κ3) is 2.42. The molecule has 20 heavy (non-hydrogen) atoms. The summed E-state index contributed by atoms with van der Waals surface area (Å²) in [5.74, 6) is 1.62. The molecule has 2 atom stereocenters. The molecule has 1 aromatic heterocycles. The second-order valence-corrected chi connectivity index (χ2v) is 5.58. The average molecular weight is 276 g/mol. The van der Waals surface area contributed by atoms with Gasteiger partial charge in [-0.05, 0) is 0 Å². The van der Waals surface area contributed by atoms with Gasteiger partial charge in [0.25, 0.3) is 0 Å². The zero-order valence-electron chi connectivity index (χ0n) is 11.7. The van der Waals surface area contributed by atoms with Crippen LogP contribution in [0.15, 0.2) is 12.4 Å². The molecule has 1 N–H and O–H groups in total. The van der Waals surface area contributed by atoms with Crippen molar-refractivity contribution in [2.75, 3.05) is 13.1 Å². The van der Waals surface area contributed by atoms with Crippen LogP contribution in [-0.2, 0) is 22.6 Å². The minimum atomic E-state index is 0.123. The number of carbonyl (C=O) groups excluding carboxylic acids is 2. The van der Waals surface area contributed by atoms with Crippen molar-refractivity contribution in [3.8, 4) is 0 Å². The first-order chi connectivity index (χ1) is 9.67. The molecule has 0 aliphatic carbocycles. The van der Waals surface area contributed by atoms with Crippen LogP contribution in [0.3, 0.4) is 0 Å². The number of imidazole rings is 1. The quantitative estimate of drug-likeness (QED) is 0.853. The summed E-state index contributed by atoms with van der Waals surface area (Å²) in [4.78, 5) is 29.6. The summed E-state index contributed by atoms with van der Waals surface area (Å²) in [6.07, 6.45) is 5.64. The number of carbonyl (C=O) groups is 2. The van der Waals surface area contributed by atoms with Crippen molar-refractivity contribution in [1.82, 2.24) is 19.8 Å². The Morgan fingerprint density at radius 1 is 1.50 bits per heavy atom. The largest absolute Gasteiger partial charge is 0.351 e. The molecule has 3 rings (SSSR count). The van der Waals surface area contributed by atoms with Crippen molar-refractivity contribution in [2.45, 2.75) is 38.8 Å². The van der Waals surface area contributed by atoms with Crippen molar-refractivity contribution in [3.63, 3.8) is 0 Å². The Balaban J connectivity index is 1.52. The fourth-order valence-corrected chi connectivity index (χ4v) is 3.18. The first-order valence-electron chi connectivity index (χ1n) is 7.24. The van der Waals surface area contributed by atoms with E-state index >= 15 is 0 Å². The molecule has 0 aromatic carbocycles. The molecule has 2 aliphatic heterocycles. The van der Waals surface area contributed by atoms with Crippen LogP contribution in [0.2, 0.25) is 0 Å². The van der Waals surface area contributed by atoms with Crippen LogP contribution in [0.25, 0.3) is 0 Å². The third-order valence-electron chi connectivity index (χ3n) is 4.27. The Morgan fingerprint density at radius 2 is 2.35 bits per heavy atom. The van der Waals surface area contributed by atoms with Crippen molar-refractivity contribution in [2.24, 2.45) is 5.92 Å². The number of amides is 2. The van der Waals surface area contributed by atoms with E-state index in [4.69, 9.17) is 0 Å². The summed E-state index contributed by atoms with van der Waals surface area (Å²) in [6.45, 7) is 4.12. The van der Waals surface area contributed by atoms with Crippen molar-refractivity contribution >= 4 is 11.8 Å². The zero-order chi connectivity index (χ0) is 14.1. The predicted octanol–water partition coefficient (Wildman–Crippen LogP) is 0.182. The van der Waals surface area contributed by atoms with Gasteiger partial charge in [-0.2, -0.15) is 0 Å². The Hall–Kier alpha value is -1.85. The summed E-state index contributed by atoms with van der Waals surface area (Å²) < 4.78 is 2.04. The van der Waals surface area contributed by atoms with Crippen LogP contribution in [-0.4, -0.2) is 45.4 Å². The highest BCUT2D eigenvalue weighted by Crippen LogP contribution is 2.25. The predicted molar refractivity (Wildman–Crippen MR) is 72.8 cm³/mol. The van der Waals surface area contributed by atoms with Gasteiger partial charge < -0.3 is 14.8 Å². The van der Waals surface area contributed by atoms with E-state index in [-0.39, 0.29) is 17.9 Å². The lowest BCUT2D eigenvalue weighted by Crippen LogP contribution is -2.35. The molecule has 6 nitrogen and oxygen atoms in total. The van der Waals surface area contributed by atoms with Gasteiger partial charge >= 0.3 is 0 Å². The fraction of sp³-hybridized carbons (Fsp3) is 0.643. The number of hydrogen-bond donors (Lipinski definition) is 1. The minimum Gasteiger partial charge on any atom is -0.351 e. The van der Waals surface area contributed by atoms with Gasteiger partial charge in [-0.25, -0.2) is 4.98 Å². The lowest BCUT2D eigenvalue weighted by Gasteiger charge is -2.17. The second-order valence-electron chi connectivity index (χ2n) is 5.58. The normalized spacial score (nSPS) is 24.9. The fourth-order valence-electron chi connectivity index (χ4n) is 3.18. The summed E-state index contributed by atoms with van der Waals surface area (Å²) >= 11 is 0. The maximum absolute atomic E-state index is 12.2. The molecule has 2 amide bonds. The number of likely N-dealkylation sites (tertiary alicyclic amines) is 1. The molecule has 2 fully saturated rings. The van der Waals surface area contributed by atoms with Gasteiger partial charge in [0.1, 0.15) is 5.82 Å². The average Bonchev–Trinajstić information content (AvgIpc) is 3.08. The van der Waals surface area contributed by atoms with E-state index in [1.54, 1.807) is 6.20 Å². The first-order valence-corrected chi connectivity index (χ1v) is 7.24. The maximum Gasteiger partial charge on any atom is 0.224 e. The summed E-state index contributed by atoms with van der Waals surface area (Å²) in [5, 5.41) is 2.94. The lowest BCUT2D eigenvalue weighted by atomic mass is 10.1. The molecule has 0 saturated carbocycles. The van der Waals surface area contributed by atoms with Crippen LogP contribution in [0.4, 0.5) is 0 Å². The van der Waals surface area contributed by atoms with Crippen LogP contribution < -0.4 is 5.32 Å². The monoisotopic (exact) mass is 276 g/mol. The van der Waals surface area contributed by atoms with E-state index in [0.29, 0.717) is 38.4 Å². The Kier molecular flexibility index (Phi) is 3.46. The summed E-state index contributed by atoms with van der Waals surface area (Å²) in [7, 11) is 0. The van der Waals surface area contributed by atoms with E-state index in [2.05, 4.69) is 17.2 Å². The molecule has 1 aromatic rings. The number of nitrogens with zero attached hydrogens (tertiary/aromatic N) is 3. The minimum absolute atomic E-state index is 0.123. The number of nitrogens with one attached hydrogen (secondary N) is 1. The smallest absolute Gasteiger partial charge is 0.224 e. The summed E-state index contributed by atoms with van der Waals surface area (Å²) in [5.41, 5.74) is 0. The Morgan fingerprint density at radius 3 is 3.10 bits per heavy atom. The SMILES string of the molecule is CCc1nccn1CCC(=O)N1C[C@@H]2CC(=O)N[C@@H]2C1. The van der Waals surface area contributed by atoms with Gasteiger partial charge in [0.05, 0.1) is 6.04 Å². The Bertz CT molecular complexity index is 509. The molecule has 6 heteroatoms. The summed E-state index contributed by atoms with van der Waals surface area (Å²) in [6, 6.07) is 0.172. The molecular weight excluding hydrogens is 256 g/mol. The second kappa shape index (κ2) is 5.26. The van der Waals surface area contributed by atoms with Crippen LogP contribution in [0, 0.1) is 5.92 Å². The van der Waals surface area contributed by atoms with E-state index in [1.807, 2.05) is 15.7 Å². The van der Waals surface area contributed by atoms with Gasteiger partial charge in [-0.3, -0.25) is 9.59 Å². The highest BCUT2D eigenvalue weighted by Gasteiger charge is 2.41. The number of hydrogen-bond acceptors (Lipinski definition) is 3. The number of aromatic nitrogens is 2. The molecule has 108 valence electrons. The van der Waals surface area contributed by atoms with Crippen molar-refractivity contribution < 1.29 is 9.59 Å². The third-order valence-corrected chi connectivity index (χ3v) is 4.27. The highest BCUT2D eigenvalue weighted by molar-refractivity contribution is 5.81. The molecule has 0 spiro atoms. The molecule has 2 saturated heterocycles. The molecule has 0 radical (unpaired) electrons. The maximum atomic E-state index is 12.2. The molecule has 0 unspecified atom stereocenters. The van der Waals surface area contributed by atoms with Gasteiger partial charge in [0.2, 0.25) is 11.8 Å². The van der Waals surface area contributed by atoms with Gasteiger partial charge in [0.15, 0.2) is 0 Å². The first kappa shape index (κ1) is 13.1. The van der Waals surface area contributed by atoms with E-state index in [1.165, 1.54) is 0 Å². The number of rotatable bonds is 4. The van der Waals surface area contributed by atoms with Crippen LogP contribution in [0.5, 0.6) is 0 Å². The highest BCUT2D eigenvalue weighted by atomic mass is 16.2. The van der Waals surface area contributed by atoms with Gasteiger partial charge in [-0.15, -0.1) is 0 Å². The lowest BCUT2D eigenvalue weighted by molar-refractivity contribution is -0.131. The van der Waals surface area contributed by atoms with E-state index in [9.17, 15) is 9.59 Å². The van der Waals surface area contributed by atoms with E-state index < -0.39 is 0 Å². The van der Waals surface area contributed by atoms with Gasteiger partial charge in [0, 0.05) is 57.2 Å².